The van der Waals surface area contributed by atoms with Crippen molar-refractivity contribution in [3.8, 4) is 0 Å². The second-order valence-corrected chi connectivity index (χ2v) is 8.20. The van der Waals surface area contributed by atoms with Crippen molar-refractivity contribution in [2.24, 2.45) is 0 Å². The number of fused-ring (bicyclic) bond motifs is 2. The summed E-state index contributed by atoms with van der Waals surface area (Å²) in [6.07, 6.45) is 4.09. The Labute approximate surface area is 158 Å². The van der Waals surface area contributed by atoms with Gasteiger partial charge in [0, 0.05) is 11.6 Å². The molecule has 4 rings (SSSR count). The fraction of sp³-hybridized carbons (Fsp3) is 0.188. The van der Waals surface area contributed by atoms with Gasteiger partial charge < -0.3 is 0 Å². The molecule has 0 N–H and O–H groups in total. The van der Waals surface area contributed by atoms with E-state index in [1.807, 2.05) is 12.1 Å². The molecule has 0 bridgehead atoms. The number of hydrogen-bond donors (Lipinski definition) is 0. The lowest BCUT2D eigenvalue weighted by Gasteiger charge is -2.07. The Morgan fingerprint density at radius 2 is 1.70 bits per heavy atom. The van der Waals surface area contributed by atoms with Gasteiger partial charge >= 0.3 is 0 Å². The first-order valence-corrected chi connectivity index (χ1v) is 10.2. The molecule has 0 amide bonds. The number of sulfone groups is 1. The molecule has 0 aliphatic carbocycles. The highest BCUT2D eigenvalue weighted by Gasteiger charge is 2.18. The second-order valence-electron chi connectivity index (χ2n) is 5.93. The molecule has 0 aliphatic heterocycles. The second kappa shape index (κ2) is 6.39. The standard InChI is InChI=1S/C16H13ClN6O3S/c1-27(25,26)16-20-13(17)12-9-19-22(14(12)21-16)6-7-23-15(24)11-5-3-2-4-10(11)8-18-23/h2-5,8-9H,6-7H2,1H3. The number of hydrogen-bond acceptors (Lipinski definition) is 7. The van der Waals surface area contributed by atoms with Gasteiger partial charge in [0.1, 0.15) is 5.15 Å². The van der Waals surface area contributed by atoms with Gasteiger partial charge in [-0.05, 0) is 6.07 Å². The fourth-order valence-corrected chi connectivity index (χ4v) is 3.48. The molecule has 3 aromatic heterocycles. The maximum atomic E-state index is 12.5. The van der Waals surface area contributed by atoms with E-state index in [0.29, 0.717) is 10.8 Å². The number of nitrogens with zero attached hydrogens (tertiary/aromatic N) is 6. The predicted octanol–water partition coefficient (Wildman–Crippen LogP) is 1.29. The van der Waals surface area contributed by atoms with Crippen LogP contribution in [0.25, 0.3) is 21.8 Å². The van der Waals surface area contributed by atoms with Crippen LogP contribution in [0.3, 0.4) is 0 Å². The van der Waals surface area contributed by atoms with Crippen molar-refractivity contribution in [3.05, 3.63) is 52.2 Å². The Kier molecular flexibility index (Phi) is 4.16. The number of aryl methyl sites for hydroxylation is 2. The molecule has 0 fully saturated rings. The Balaban J connectivity index is 1.71. The molecule has 0 saturated carbocycles. The highest BCUT2D eigenvalue weighted by atomic mass is 35.5. The number of halogens is 1. The van der Waals surface area contributed by atoms with Gasteiger partial charge in [0.05, 0.1) is 36.3 Å². The van der Waals surface area contributed by atoms with Gasteiger partial charge in [0.15, 0.2) is 5.65 Å². The molecular weight excluding hydrogens is 392 g/mol. The van der Waals surface area contributed by atoms with Gasteiger partial charge in [0.25, 0.3) is 5.56 Å². The molecule has 3 heterocycles. The van der Waals surface area contributed by atoms with Crippen LogP contribution in [0.4, 0.5) is 0 Å². The molecule has 0 atom stereocenters. The minimum absolute atomic E-state index is 0.00710. The number of aromatic nitrogens is 6. The summed E-state index contributed by atoms with van der Waals surface area (Å²) in [7, 11) is -3.62. The van der Waals surface area contributed by atoms with Crippen LogP contribution in [0.15, 0.2) is 46.6 Å². The van der Waals surface area contributed by atoms with Gasteiger partial charge in [-0.15, -0.1) is 0 Å². The molecule has 4 aromatic rings. The average molecular weight is 405 g/mol. The third-order valence-corrected chi connectivity index (χ3v) is 5.18. The van der Waals surface area contributed by atoms with Crippen LogP contribution in [-0.4, -0.2) is 44.2 Å². The first kappa shape index (κ1) is 17.6. The van der Waals surface area contributed by atoms with Crippen molar-refractivity contribution in [2.45, 2.75) is 18.2 Å². The predicted molar refractivity (Wildman–Crippen MR) is 99.4 cm³/mol. The Bertz CT molecular complexity index is 1350. The van der Waals surface area contributed by atoms with Gasteiger partial charge in [-0.2, -0.15) is 15.2 Å². The fourth-order valence-electron chi connectivity index (χ4n) is 2.71. The minimum Gasteiger partial charge on any atom is -0.267 e. The monoisotopic (exact) mass is 404 g/mol. The topological polar surface area (TPSA) is 113 Å². The first-order valence-electron chi connectivity index (χ1n) is 7.88. The molecule has 0 radical (unpaired) electrons. The molecule has 0 saturated heterocycles. The van der Waals surface area contributed by atoms with Crippen molar-refractivity contribution in [1.82, 2.24) is 29.5 Å². The van der Waals surface area contributed by atoms with Crippen LogP contribution in [-0.2, 0) is 22.9 Å². The van der Waals surface area contributed by atoms with E-state index in [0.717, 1.165) is 11.6 Å². The van der Waals surface area contributed by atoms with E-state index in [-0.39, 0.29) is 34.6 Å². The summed E-state index contributed by atoms with van der Waals surface area (Å²) >= 11 is 6.05. The molecular formula is C16H13ClN6O3S. The van der Waals surface area contributed by atoms with E-state index in [2.05, 4.69) is 20.2 Å². The SMILES string of the molecule is CS(=O)(=O)c1nc(Cl)c2cnn(CCn3ncc4ccccc4c3=O)c2n1. The van der Waals surface area contributed by atoms with Crippen molar-refractivity contribution >= 4 is 43.2 Å². The summed E-state index contributed by atoms with van der Waals surface area (Å²) in [5.74, 6) is 0. The molecule has 9 nitrogen and oxygen atoms in total. The lowest BCUT2D eigenvalue weighted by molar-refractivity contribution is 0.491. The van der Waals surface area contributed by atoms with E-state index < -0.39 is 9.84 Å². The zero-order valence-corrected chi connectivity index (χ0v) is 15.6. The van der Waals surface area contributed by atoms with Crippen LogP contribution in [0.2, 0.25) is 5.15 Å². The van der Waals surface area contributed by atoms with E-state index in [1.54, 1.807) is 18.3 Å². The molecule has 27 heavy (non-hydrogen) atoms. The van der Waals surface area contributed by atoms with Gasteiger partial charge in [-0.25, -0.2) is 22.8 Å². The zero-order chi connectivity index (χ0) is 19.2. The van der Waals surface area contributed by atoms with Crippen LogP contribution < -0.4 is 5.56 Å². The number of rotatable bonds is 4. The van der Waals surface area contributed by atoms with Crippen LogP contribution in [0, 0.1) is 0 Å². The zero-order valence-electron chi connectivity index (χ0n) is 14.1. The minimum atomic E-state index is -3.62. The van der Waals surface area contributed by atoms with Crippen molar-refractivity contribution in [3.63, 3.8) is 0 Å². The van der Waals surface area contributed by atoms with Crippen molar-refractivity contribution < 1.29 is 8.42 Å². The highest BCUT2D eigenvalue weighted by Crippen LogP contribution is 2.21. The highest BCUT2D eigenvalue weighted by molar-refractivity contribution is 7.90. The van der Waals surface area contributed by atoms with Crippen molar-refractivity contribution in [2.75, 3.05) is 6.26 Å². The summed E-state index contributed by atoms with van der Waals surface area (Å²) in [6, 6.07) is 7.19. The quantitative estimate of drug-likeness (QED) is 0.372. The summed E-state index contributed by atoms with van der Waals surface area (Å²) < 4.78 is 26.3. The first-order chi connectivity index (χ1) is 12.8. The lowest BCUT2D eigenvalue weighted by Crippen LogP contribution is -2.25. The molecule has 138 valence electrons. The number of benzene rings is 1. The Morgan fingerprint density at radius 1 is 1.00 bits per heavy atom. The Hall–Kier alpha value is -2.85. The maximum Gasteiger partial charge on any atom is 0.274 e. The summed E-state index contributed by atoms with van der Waals surface area (Å²) in [5.41, 5.74) is 0.0679. The lowest BCUT2D eigenvalue weighted by atomic mass is 10.2. The molecule has 0 spiro atoms. The van der Waals surface area contributed by atoms with Crippen LogP contribution in [0.1, 0.15) is 0 Å². The normalized spacial score (nSPS) is 12.1. The molecule has 11 heteroatoms. The summed E-state index contributed by atoms with van der Waals surface area (Å²) in [6.45, 7) is 0.488. The molecule has 0 aliphatic rings. The third-order valence-electron chi connectivity index (χ3n) is 4.05. The van der Waals surface area contributed by atoms with E-state index >= 15 is 0 Å². The van der Waals surface area contributed by atoms with Gasteiger partial charge in [-0.3, -0.25) is 4.79 Å². The molecule has 0 unspecified atom stereocenters. The third kappa shape index (κ3) is 3.17. The van der Waals surface area contributed by atoms with E-state index in [9.17, 15) is 13.2 Å². The smallest absolute Gasteiger partial charge is 0.267 e. The van der Waals surface area contributed by atoms with Crippen molar-refractivity contribution in [1.29, 1.82) is 0 Å². The van der Waals surface area contributed by atoms with E-state index in [1.165, 1.54) is 15.6 Å². The summed E-state index contributed by atoms with van der Waals surface area (Å²) in [4.78, 5) is 20.4. The van der Waals surface area contributed by atoms with Crippen LogP contribution >= 0.6 is 11.6 Å². The van der Waals surface area contributed by atoms with Gasteiger partial charge in [0.2, 0.25) is 15.0 Å². The van der Waals surface area contributed by atoms with Gasteiger partial charge in [-0.1, -0.05) is 29.8 Å². The maximum absolute atomic E-state index is 12.5. The van der Waals surface area contributed by atoms with E-state index in [4.69, 9.17) is 11.6 Å². The largest absolute Gasteiger partial charge is 0.274 e. The van der Waals surface area contributed by atoms with Crippen LogP contribution in [0.5, 0.6) is 0 Å². The average Bonchev–Trinajstić information content (AvgIpc) is 3.04. The molecule has 1 aromatic carbocycles. The Morgan fingerprint density at radius 3 is 2.48 bits per heavy atom. The summed E-state index contributed by atoms with van der Waals surface area (Å²) in [5, 5.41) is 9.75.